The van der Waals surface area contributed by atoms with Crippen LogP contribution in [0.15, 0.2) is 93.3 Å². The fourth-order valence-electron chi connectivity index (χ4n) is 2.93. The van der Waals surface area contributed by atoms with Gasteiger partial charge in [-0.05, 0) is 72.3 Å². The van der Waals surface area contributed by atoms with Gasteiger partial charge in [-0.3, -0.25) is 4.79 Å². The van der Waals surface area contributed by atoms with Crippen LogP contribution in [0.1, 0.15) is 21.7 Å². The SMILES string of the molecule is O=C(N/N=C\c1ccc(-c2ccc(Cl)cc2Cl)o1)c1ccc(CSc2ccc(Cl)cc2)cc1. The lowest BCUT2D eigenvalue weighted by atomic mass is 10.1. The molecule has 0 unspecified atom stereocenters. The lowest BCUT2D eigenvalue weighted by Gasteiger charge is -2.04. The third kappa shape index (κ3) is 6.42. The summed E-state index contributed by atoms with van der Waals surface area (Å²) in [7, 11) is 0. The second-order valence-electron chi connectivity index (χ2n) is 6.96. The van der Waals surface area contributed by atoms with E-state index in [1.165, 1.54) is 6.21 Å². The summed E-state index contributed by atoms with van der Waals surface area (Å²) in [5.41, 5.74) is 4.85. The quantitative estimate of drug-likeness (QED) is 0.154. The van der Waals surface area contributed by atoms with Crippen molar-refractivity contribution in [1.82, 2.24) is 5.43 Å². The van der Waals surface area contributed by atoms with E-state index in [0.29, 0.717) is 27.1 Å². The van der Waals surface area contributed by atoms with Crippen molar-refractivity contribution in [2.75, 3.05) is 0 Å². The molecular weight excluding hydrogens is 499 g/mol. The van der Waals surface area contributed by atoms with Gasteiger partial charge in [-0.1, -0.05) is 46.9 Å². The van der Waals surface area contributed by atoms with Crippen molar-refractivity contribution in [3.63, 3.8) is 0 Å². The first kappa shape index (κ1) is 23.5. The molecule has 1 heterocycles. The Morgan fingerprint density at radius 3 is 2.36 bits per heavy atom. The summed E-state index contributed by atoms with van der Waals surface area (Å²) in [5, 5.41) is 5.74. The summed E-state index contributed by atoms with van der Waals surface area (Å²) < 4.78 is 5.73. The molecule has 0 aliphatic rings. The molecule has 1 aromatic heterocycles. The molecule has 0 spiro atoms. The van der Waals surface area contributed by atoms with Gasteiger partial charge in [0.2, 0.25) is 0 Å². The summed E-state index contributed by atoms with van der Waals surface area (Å²) in [6.07, 6.45) is 1.43. The van der Waals surface area contributed by atoms with Crippen molar-refractivity contribution in [2.45, 2.75) is 10.6 Å². The normalized spacial score (nSPS) is 11.1. The molecule has 0 saturated heterocycles. The molecular formula is C25H17Cl3N2O2S. The van der Waals surface area contributed by atoms with Gasteiger partial charge in [0.05, 0.1) is 11.2 Å². The molecule has 0 radical (unpaired) electrons. The molecule has 0 aliphatic carbocycles. The number of hydrazone groups is 1. The van der Waals surface area contributed by atoms with E-state index >= 15 is 0 Å². The lowest BCUT2D eigenvalue weighted by molar-refractivity contribution is 0.0955. The van der Waals surface area contributed by atoms with Crippen LogP contribution in [0.25, 0.3) is 11.3 Å². The monoisotopic (exact) mass is 514 g/mol. The number of nitrogens with zero attached hydrogens (tertiary/aromatic N) is 1. The molecule has 4 aromatic rings. The second kappa shape index (κ2) is 10.9. The summed E-state index contributed by atoms with van der Waals surface area (Å²) in [5.74, 6) is 1.54. The van der Waals surface area contributed by atoms with Gasteiger partial charge in [0, 0.05) is 31.8 Å². The van der Waals surface area contributed by atoms with Crippen molar-refractivity contribution in [3.05, 3.63) is 111 Å². The van der Waals surface area contributed by atoms with E-state index in [4.69, 9.17) is 39.2 Å². The number of thioether (sulfide) groups is 1. The van der Waals surface area contributed by atoms with E-state index in [-0.39, 0.29) is 5.91 Å². The Labute approximate surface area is 210 Å². The number of benzene rings is 3. The Kier molecular flexibility index (Phi) is 7.78. The second-order valence-corrected chi connectivity index (χ2v) is 9.29. The number of halogens is 3. The number of hydrogen-bond acceptors (Lipinski definition) is 4. The predicted octanol–water partition coefficient (Wildman–Crippen LogP) is 7.96. The first-order valence-corrected chi connectivity index (χ1v) is 12.0. The molecule has 0 bridgehead atoms. The maximum Gasteiger partial charge on any atom is 0.271 e. The van der Waals surface area contributed by atoms with E-state index in [2.05, 4.69) is 10.5 Å². The highest BCUT2D eigenvalue weighted by Gasteiger charge is 2.09. The van der Waals surface area contributed by atoms with Crippen LogP contribution in [0.5, 0.6) is 0 Å². The Hall–Kier alpha value is -2.70. The van der Waals surface area contributed by atoms with Gasteiger partial charge in [-0.2, -0.15) is 5.10 Å². The molecule has 0 atom stereocenters. The van der Waals surface area contributed by atoms with E-state index in [1.807, 2.05) is 36.4 Å². The molecule has 0 fully saturated rings. The van der Waals surface area contributed by atoms with Crippen molar-refractivity contribution in [2.24, 2.45) is 5.10 Å². The van der Waals surface area contributed by atoms with Gasteiger partial charge in [0.1, 0.15) is 11.5 Å². The van der Waals surface area contributed by atoms with Crippen LogP contribution in [0.4, 0.5) is 0 Å². The molecule has 1 N–H and O–H groups in total. The number of furan rings is 1. The van der Waals surface area contributed by atoms with Crippen LogP contribution in [-0.4, -0.2) is 12.1 Å². The van der Waals surface area contributed by atoms with Crippen LogP contribution in [0.2, 0.25) is 15.1 Å². The van der Waals surface area contributed by atoms with Gasteiger partial charge in [-0.15, -0.1) is 11.8 Å². The van der Waals surface area contributed by atoms with Crippen molar-refractivity contribution in [3.8, 4) is 11.3 Å². The average molecular weight is 516 g/mol. The minimum Gasteiger partial charge on any atom is -0.455 e. The molecule has 4 nitrogen and oxygen atoms in total. The fraction of sp³-hybridized carbons (Fsp3) is 0.0400. The highest BCUT2D eigenvalue weighted by atomic mass is 35.5. The highest BCUT2D eigenvalue weighted by Crippen LogP contribution is 2.31. The van der Waals surface area contributed by atoms with E-state index < -0.39 is 0 Å². The van der Waals surface area contributed by atoms with Crippen molar-refractivity contribution in [1.29, 1.82) is 0 Å². The molecule has 1 amide bonds. The van der Waals surface area contributed by atoms with Crippen LogP contribution in [0.3, 0.4) is 0 Å². The third-order valence-electron chi connectivity index (χ3n) is 4.62. The van der Waals surface area contributed by atoms with E-state index in [1.54, 1.807) is 54.2 Å². The van der Waals surface area contributed by atoms with Gasteiger partial charge < -0.3 is 4.42 Å². The summed E-state index contributed by atoms with van der Waals surface area (Å²) >= 11 is 19.8. The molecule has 8 heteroatoms. The first-order chi connectivity index (χ1) is 16.0. The topological polar surface area (TPSA) is 54.6 Å². The molecule has 4 rings (SSSR count). The Morgan fingerprint density at radius 1 is 0.909 bits per heavy atom. The van der Waals surface area contributed by atoms with E-state index in [0.717, 1.165) is 26.8 Å². The summed E-state index contributed by atoms with van der Waals surface area (Å²) in [4.78, 5) is 13.5. The van der Waals surface area contributed by atoms with Crippen LogP contribution in [-0.2, 0) is 5.75 Å². The zero-order valence-corrected chi connectivity index (χ0v) is 20.2. The maximum atomic E-state index is 12.4. The lowest BCUT2D eigenvalue weighted by Crippen LogP contribution is -2.17. The highest BCUT2D eigenvalue weighted by molar-refractivity contribution is 7.98. The number of carbonyl (C=O) groups is 1. The zero-order valence-electron chi connectivity index (χ0n) is 17.1. The smallest absolute Gasteiger partial charge is 0.271 e. The van der Waals surface area contributed by atoms with Crippen molar-refractivity contribution < 1.29 is 9.21 Å². The van der Waals surface area contributed by atoms with Gasteiger partial charge in [-0.25, -0.2) is 5.43 Å². The number of hydrogen-bond donors (Lipinski definition) is 1. The van der Waals surface area contributed by atoms with Gasteiger partial charge >= 0.3 is 0 Å². The molecule has 0 saturated carbocycles. The fourth-order valence-corrected chi connectivity index (χ4v) is 4.41. The predicted molar refractivity (Wildman–Crippen MR) is 137 cm³/mol. The number of carbonyl (C=O) groups excluding carboxylic acids is 1. The van der Waals surface area contributed by atoms with Crippen molar-refractivity contribution >= 4 is 58.7 Å². The molecule has 0 aliphatic heterocycles. The zero-order chi connectivity index (χ0) is 23.2. The minimum absolute atomic E-state index is 0.310. The summed E-state index contributed by atoms with van der Waals surface area (Å²) in [6, 6.07) is 23.8. The summed E-state index contributed by atoms with van der Waals surface area (Å²) in [6.45, 7) is 0. The average Bonchev–Trinajstić information content (AvgIpc) is 3.27. The molecule has 33 heavy (non-hydrogen) atoms. The number of nitrogens with one attached hydrogen (secondary N) is 1. The van der Waals surface area contributed by atoms with Crippen LogP contribution < -0.4 is 5.43 Å². The number of rotatable bonds is 7. The Bertz CT molecular complexity index is 1290. The molecule has 166 valence electrons. The largest absolute Gasteiger partial charge is 0.455 e. The third-order valence-corrected chi connectivity index (χ3v) is 6.50. The standard InChI is InChI=1S/C25H17Cl3N2O2S/c26-18-5-9-21(10-6-18)33-15-16-1-3-17(4-2-16)25(31)30-29-14-20-8-12-24(32-20)22-11-7-19(27)13-23(22)28/h1-14H,15H2,(H,30,31)/b29-14-. The van der Waals surface area contributed by atoms with Crippen LogP contribution >= 0.6 is 46.6 Å². The van der Waals surface area contributed by atoms with E-state index in [9.17, 15) is 4.79 Å². The Balaban J connectivity index is 1.31. The first-order valence-electron chi connectivity index (χ1n) is 9.84. The van der Waals surface area contributed by atoms with Gasteiger partial charge in [0.15, 0.2) is 0 Å². The Morgan fingerprint density at radius 2 is 1.64 bits per heavy atom. The number of amides is 1. The maximum absolute atomic E-state index is 12.4. The minimum atomic E-state index is -0.310. The molecule has 3 aromatic carbocycles. The van der Waals surface area contributed by atoms with Gasteiger partial charge in [0.25, 0.3) is 5.91 Å². The van der Waals surface area contributed by atoms with Crippen LogP contribution in [0, 0.1) is 0 Å².